The number of anilines is 1. The van der Waals surface area contributed by atoms with E-state index in [1.165, 1.54) is 0 Å². The number of nitrogens with zero attached hydrogens (tertiary/aromatic N) is 2. The lowest BCUT2D eigenvalue weighted by molar-refractivity contribution is 0.381. The molecular weight excluding hydrogens is 178 g/mol. The fraction of sp³-hybridized carbons (Fsp3) is 0.200. The number of para-hydroxylation sites is 1. The molecule has 1 aromatic carbocycles. The number of nitrogen functional groups attached to an aromatic ring is 1. The molecule has 0 aliphatic carbocycles. The fourth-order valence-corrected chi connectivity index (χ4v) is 1.27. The first kappa shape index (κ1) is 8.74. The van der Waals surface area contributed by atoms with E-state index < -0.39 is 0 Å². The van der Waals surface area contributed by atoms with E-state index in [-0.39, 0.29) is 0 Å². The molecule has 0 fully saturated rings. The van der Waals surface area contributed by atoms with Gasteiger partial charge in [-0.15, -0.1) is 0 Å². The highest BCUT2D eigenvalue weighted by atomic mass is 16.5. The second-order valence-corrected chi connectivity index (χ2v) is 3.11. The Balaban J connectivity index is 2.23. The molecule has 0 aliphatic rings. The number of aromatic nitrogens is 2. The third-order valence-electron chi connectivity index (χ3n) is 1.97. The SMILES string of the molecule is Cc1noc(Cc2ccccc2N)n1. The van der Waals surface area contributed by atoms with Crippen molar-refractivity contribution >= 4 is 5.69 Å². The molecular formula is C10H11N3O. The van der Waals surface area contributed by atoms with Gasteiger partial charge in [0, 0.05) is 5.69 Å². The van der Waals surface area contributed by atoms with Gasteiger partial charge in [-0.3, -0.25) is 0 Å². The molecule has 4 heteroatoms. The Bertz CT molecular complexity index is 436. The molecule has 0 spiro atoms. The highest BCUT2D eigenvalue weighted by molar-refractivity contribution is 5.47. The second-order valence-electron chi connectivity index (χ2n) is 3.11. The number of rotatable bonds is 2. The molecule has 0 atom stereocenters. The standard InChI is InChI=1S/C10H11N3O/c1-7-12-10(14-13-7)6-8-4-2-3-5-9(8)11/h2-5H,6,11H2,1H3. The van der Waals surface area contributed by atoms with Gasteiger partial charge in [0.25, 0.3) is 0 Å². The Kier molecular flexibility index (Phi) is 2.18. The first-order valence-electron chi connectivity index (χ1n) is 4.38. The fourth-order valence-electron chi connectivity index (χ4n) is 1.27. The average molecular weight is 189 g/mol. The van der Waals surface area contributed by atoms with E-state index in [4.69, 9.17) is 10.3 Å². The van der Waals surface area contributed by atoms with Gasteiger partial charge >= 0.3 is 0 Å². The van der Waals surface area contributed by atoms with E-state index in [0.29, 0.717) is 18.1 Å². The van der Waals surface area contributed by atoms with Gasteiger partial charge in [0.05, 0.1) is 6.42 Å². The molecule has 2 aromatic rings. The zero-order chi connectivity index (χ0) is 9.97. The highest BCUT2D eigenvalue weighted by Gasteiger charge is 2.05. The van der Waals surface area contributed by atoms with Gasteiger partial charge in [0.15, 0.2) is 5.82 Å². The molecule has 1 heterocycles. The van der Waals surface area contributed by atoms with E-state index >= 15 is 0 Å². The Hall–Kier alpha value is -1.84. The van der Waals surface area contributed by atoms with Crippen molar-refractivity contribution in [2.24, 2.45) is 0 Å². The minimum Gasteiger partial charge on any atom is -0.398 e. The lowest BCUT2D eigenvalue weighted by Crippen LogP contribution is -1.95. The largest absolute Gasteiger partial charge is 0.398 e. The van der Waals surface area contributed by atoms with Crippen LogP contribution in [0.2, 0.25) is 0 Å². The van der Waals surface area contributed by atoms with Crippen LogP contribution in [-0.2, 0) is 6.42 Å². The van der Waals surface area contributed by atoms with Crippen LogP contribution in [0.25, 0.3) is 0 Å². The van der Waals surface area contributed by atoms with Gasteiger partial charge in [0.2, 0.25) is 5.89 Å². The van der Waals surface area contributed by atoms with Crippen LogP contribution in [0.4, 0.5) is 5.69 Å². The normalized spacial score (nSPS) is 10.4. The quantitative estimate of drug-likeness (QED) is 0.728. The predicted octanol–water partition coefficient (Wildman–Crippen LogP) is 1.55. The van der Waals surface area contributed by atoms with Crippen LogP contribution in [0.15, 0.2) is 28.8 Å². The average Bonchev–Trinajstić information content (AvgIpc) is 2.56. The van der Waals surface area contributed by atoms with Gasteiger partial charge in [0.1, 0.15) is 0 Å². The molecule has 0 aliphatic heterocycles. The molecule has 0 bridgehead atoms. The van der Waals surface area contributed by atoms with Crippen LogP contribution in [0.5, 0.6) is 0 Å². The molecule has 0 radical (unpaired) electrons. The molecule has 0 saturated carbocycles. The lowest BCUT2D eigenvalue weighted by atomic mass is 10.1. The summed E-state index contributed by atoms with van der Waals surface area (Å²) in [5, 5.41) is 3.72. The second kappa shape index (κ2) is 3.49. The first-order valence-corrected chi connectivity index (χ1v) is 4.38. The third-order valence-corrected chi connectivity index (χ3v) is 1.97. The Morgan fingerprint density at radius 1 is 1.36 bits per heavy atom. The van der Waals surface area contributed by atoms with Crippen molar-refractivity contribution in [3.8, 4) is 0 Å². The Morgan fingerprint density at radius 2 is 2.14 bits per heavy atom. The molecule has 0 saturated heterocycles. The predicted molar refractivity (Wildman–Crippen MR) is 52.7 cm³/mol. The van der Waals surface area contributed by atoms with Crippen LogP contribution in [0, 0.1) is 6.92 Å². The van der Waals surface area contributed by atoms with E-state index in [0.717, 1.165) is 11.3 Å². The van der Waals surface area contributed by atoms with Gasteiger partial charge < -0.3 is 10.3 Å². The summed E-state index contributed by atoms with van der Waals surface area (Å²) in [5.74, 6) is 1.25. The van der Waals surface area contributed by atoms with Crippen molar-refractivity contribution in [1.29, 1.82) is 0 Å². The number of benzene rings is 1. The Morgan fingerprint density at radius 3 is 2.79 bits per heavy atom. The van der Waals surface area contributed by atoms with E-state index in [1.807, 2.05) is 24.3 Å². The van der Waals surface area contributed by atoms with Crippen molar-refractivity contribution in [1.82, 2.24) is 10.1 Å². The summed E-state index contributed by atoms with van der Waals surface area (Å²) in [6.45, 7) is 1.79. The summed E-state index contributed by atoms with van der Waals surface area (Å²) in [7, 11) is 0. The smallest absolute Gasteiger partial charge is 0.231 e. The number of hydrogen-bond donors (Lipinski definition) is 1. The number of hydrogen-bond acceptors (Lipinski definition) is 4. The summed E-state index contributed by atoms with van der Waals surface area (Å²) in [6, 6.07) is 7.65. The molecule has 0 amide bonds. The number of aryl methyl sites for hydroxylation is 1. The van der Waals surface area contributed by atoms with E-state index in [2.05, 4.69) is 10.1 Å². The zero-order valence-electron chi connectivity index (χ0n) is 7.90. The highest BCUT2D eigenvalue weighted by Crippen LogP contribution is 2.14. The monoisotopic (exact) mass is 189 g/mol. The molecule has 14 heavy (non-hydrogen) atoms. The lowest BCUT2D eigenvalue weighted by Gasteiger charge is -2.00. The molecule has 72 valence electrons. The van der Waals surface area contributed by atoms with Crippen LogP contribution in [-0.4, -0.2) is 10.1 Å². The number of nitrogens with two attached hydrogens (primary N) is 1. The van der Waals surface area contributed by atoms with Crippen LogP contribution in [0.3, 0.4) is 0 Å². The van der Waals surface area contributed by atoms with Gasteiger partial charge in [-0.05, 0) is 18.6 Å². The topological polar surface area (TPSA) is 64.9 Å². The minimum atomic E-state index is 0.591. The van der Waals surface area contributed by atoms with Gasteiger partial charge in [-0.1, -0.05) is 23.4 Å². The van der Waals surface area contributed by atoms with Crippen LogP contribution in [0.1, 0.15) is 17.3 Å². The molecule has 0 unspecified atom stereocenters. The van der Waals surface area contributed by atoms with Crippen molar-refractivity contribution < 1.29 is 4.52 Å². The van der Waals surface area contributed by atoms with Crippen molar-refractivity contribution in [3.63, 3.8) is 0 Å². The summed E-state index contributed by atoms with van der Waals surface area (Å²) in [5.41, 5.74) is 7.55. The maximum Gasteiger partial charge on any atom is 0.231 e. The summed E-state index contributed by atoms with van der Waals surface area (Å²) in [4.78, 5) is 4.11. The van der Waals surface area contributed by atoms with Crippen molar-refractivity contribution in [2.45, 2.75) is 13.3 Å². The van der Waals surface area contributed by atoms with Gasteiger partial charge in [-0.2, -0.15) is 4.98 Å². The molecule has 4 nitrogen and oxygen atoms in total. The van der Waals surface area contributed by atoms with Crippen LogP contribution < -0.4 is 5.73 Å². The summed E-state index contributed by atoms with van der Waals surface area (Å²) in [6.07, 6.45) is 0.591. The van der Waals surface area contributed by atoms with E-state index in [9.17, 15) is 0 Å². The molecule has 1 aromatic heterocycles. The third kappa shape index (κ3) is 1.74. The van der Waals surface area contributed by atoms with Crippen LogP contribution >= 0.6 is 0 Å². The summed E-state index contributed by atoms with van der Waals surface area (Å²) < 4.78 is 5.01. The van der Waals surface area contributed by atoms with Crippen molar-refractivity contribution in [3.05, 3.63) is 41.5 Å². The maximum absolute atomic E-state index is 5.79. The zero-order valence-corrected chi connectivity index (χ0v) is 7.90. The molecule has 2 N–H and O–H groups in total. The van der Waals surface area contributed by atoms with Crippen molar-refractivity contribution in [2.75, 3.05) is 5.73 Å². The summed E-state index contributed by atoms with van der Waals surface area (Å²) >= 11 is 0. The van der Waals surface area contributed by atoms with Gasteiger partial charge in [-0.25, -0.2) is 0 Å². The first-order chi connectivity index (χ1) is 6.75. The minimum absolute atomic E-state index is 0.591. The van der Waals surface area contributed by atoms with E-state index in [1.54, 1.807) is 6.92 Å². The maximum atomic E-state index is 5.79. The molecule has 2 rings (SSSR count). The Labute approximate surface area is 81.7 Å².